The summed E-state index contributed by atoms with van der Waals surface area (Å²) < 4.78 is 13.9. The molecule has 0 atom stereocenters. The second-order valence-electron chi connectivity index (χ2n) is 5.14. The molecule has 0 saturated carbocycles. The third kappa shape index (κ3) is 3.34. The Morgan fingerprint density at radius 1 is 1.05 bits per heavy atom. The Morgan fingerprint density at radius 2 is 1.65 bits per heavy atom. The van der Waals surface area contributed by atoms with E-state index in [9.17, 15) is 9.18 Å². The fourth-order valence-corrected chi connectivity index (χ4v) is 2.93. The number of Topliss-reactive ketones (excluding diaryl/α,β-unsaturated/α-hetero) is 1. The highest BCUT2D eigenvalue weighted by molar-refractivity contribution is 9.10. The molecule has 2 rings (SSSR count). The lowest BCUT2D eigenvalue weighted by Gasteiger charge is -2.11. The Morgan fingerprint density at radius 3 is 2.20 bits per heavy atom. The highest BCUT2D eigenvalue weighted by Crippen LogP contribution is 2.21. The summed E-state index contributed by atoms with van der Waals surface area (Å²) in [6.07, 6.45) is 0.299. The molecule has 0 aliphatic rings. The Balaban J connectivity index is 2.32. The molecule has 0 heterocycles. The number of carbonyl (C=O) groups excluding carboxylic acids is 1. The number of benzene rings is 2. The number of hydrogen-bond donors (Lipinski definition) is 0. The lowest BCUT2D eigenvalue weighted by atomic mass is 9.94. The zero-order valence-electron chi connectivity index (χ0n) is 11.8. The summed E-state index contributed by atoms with van der Waals surface area (Å²) in [6.45, 7) is 6.05. The van der Waals surface area contributed by atoms with Crippen LogP contribution in [-0.4, -0.2) is 5.78 Å². The maximum absolute atomic E-state index is 13.4. The highest BCUT2D eigenvalue weighted by Gasteiger charge is 2.13. The van der Waals surface area contributed by atoms with Crippen LogP contribution in [0, 0.1) is 26.6 Å². The zero-order chi connectivity index (χ0) is 14.9. The molecule has 0 fully saturated rings. The first-order valence-corrected chi connectivity index (χ1v) is 7.22. The van der Waals surface area contributed by atoms with E-state index in [0.717, 1.165) is 16.7 Å². The quantitative estimate of drug-likeness (QED) is 0.726. The number of halogens is 2. The van der Waals surface area contributed by atoms with Crippen molar-refractivity contribution in [2.45, 2.75) is 27.2 Å². The molecule has 0 spiro atoms. The van der Waals surface area contributed by atoms with Gasteiger partial charge < -0.3 is 0 Å². The molecule has 3 heteroatoms. The maximum Gasteiger partial charge on any atom is 0.167 e. The minimum absolute atomic E-state index is 0.0692. The first-order chi connectivity index (χ1) is 9.36. The van der Waals surface area contributed by atoms with E-state index >= 15 is 0 Å². The Kier molecular flexibility index (Phi) is 4.39. The number of carbonyl (C=O) groups is 1. The Bertz CT molecular complexity index is 633. The van der Waals surface area contributed by atoms with Crippen molar-refractivity contribution in [2.75, 3.05) is 0 Å². The Labute approximate surface area is 127 Å². The summed E-state index contributed by atoms with van der Waals surface area (Å²) in [6, 6.07) is 8.42. The second-order valence-corrected chi connectivity index (χ2v) is 6.05. The molecule has 0 unspecified atom stereocenters. The predicted molar refractivity (Wildman–Crippen MR) is 82.8 cm³/mol. The van der Waals surface area contributed by atoms with Gasteiger partial charge in [-0.05, 0) is 55.7 Å². The van der Waals surface area contributed by atoms with E-state index in [1.165, 1.54) is 17.7 Å². The van der Waals surface area contributed by atoms with Gasteiger partial charge in [-0.2, -0.15) is 0 Å². The van der Waals surface area contributed by atoms with Gasteiger partial charge >= 0.3 is 0 Å². The summed E-state index contributed by atoms with van der Waals surface area (Å²) >= 11 is 3.21. The van der Waals surface area contributed by atoms with Crippen LogP contribution in [0.5, 0.6) is 0 Å². The van der Waals surface area contributed by atoms with E-state index in [4.69, 9.17) is 0 Å². The van der Waals surface area contributed by atoms with Gasteiger partial charge in [-0.25, -0.2) is 4.39 Å². The van der Waals surface area contributed by atoms with Crippen molar-refractivity contribution in [2.24, 2.45) is 0 Å². The average molecular weight is 335 g/mol. The second kappa shape index (κ2) is 5.88. The van der Waals surface area contributed by atoms with E-state index in [0.29, 0.717) is 16.5 Å². The summed E-state index contributed by atoms with van der Waals surface area (Å²) in [7, 11) is 0. The first kappa shape index (κ1) is 14.9. The van der Waals surface area contributed by atoms with Gasteiger partial charge in [0.15, 0.2) is 5.78 Å². The van der Waals surface area contributed by atoms with Crippen molar-refractivity contribution in [3.05, 3.63) is 68.4 Å². The van der Waals surface area contributed by atoms with Crippen LogP contribution in [0.1, 0.15) is 32.6 Å². The standard InChI is InChI=1S/C17H16BrFO/c1-10-4-11(2)16(12(3)5-10)9-17(20)13-6-14(18)8-15(19)7-13/h4-8H,9H2,1-3H3. The lowest BCUT2D eigenvalue weighted by molar-refractivity contribution is 0.0992. The van der Waals surface area contributed by atoms with Crippen LogP contribution in [0.3, 0.4) is 0 Å². The van der Waals surface area contributed by atoms with Gasteiger partial charge in [0.2, 0.25) is 0 Å². The van der Waals surface area contributed by atoms with E-state index in [1.807, 2.05) is 20.8 Å². The fraction of sp³-hybridized carbons (Fsp3) is 0.235. The minimum atomic E-state index is -0.403. The molecule has 104 valence electrons. The molecule has 0 bridgehead atoms. The molecule has 2 aromatic rings. The van der Waals surface area contributed by atoms with Crippen LogP contribution in [-0.2, 0) is 6.42 Å². The van der Waals surface area contributed by atoms with Crippen molar-refractivity contribution in [3.8, 4) is 0 Å². The van der Waals surface area contributed by atoms with Gasteiger partial charge in [-0.3, -0.25) is 4.79 Å². The first-order valence-electron chi connectivity index (χ1n) is 6.43. The molecule has 0 aliphatic carbocycles. The smallest absolute Gasteiger partial charge is 0.167 e. The molecular formula is C17H16BrFO. The molecule has 0 amide bonds. The van der Waals surface area contributed by atoms with Crippen molar-refractivity contribution < 1.29 is 9.18 Å². The van der Waals surface area contributed by atoms with Crippen LogP contribution in [0.15, 0.2) is 34.8 Å². The van der Waals surface area contributed by atoms with E-state index in [-0.39, 0.29) is 5.78 Å². The van der Waals surface area contributed by atoms with Gasteiger partial charge in [-0.15, -0.1) is 0 Å². The van der Waals surface area contributed by atoms with Crippen LogP contribution >= 0.6 is 15.9 Å². The molecule has 0 aliphatic heterocycles. The molecule has 0 aromatic heterocycles. The summed E-state index contributed by atoms with van der Waals surface area (Å²) in [5.41, 5.74) is 4.82. The third-order valence-corrected chi connectivity index (χ3v) is 3.82. The maximum atomic E-state index is 13.4. The number of ketones is 1. The van der Waals surface area contributed by atoms with Gasteiger partial charge in [0, 0.05) is 16.5 Å². The van der Waals surface area contributed by atoms with E-state index < -0.39 is 5.82 Å². The molecular weight excluding hydrogens is 319 g/mol. The van der Waals surface area contributed by atoms with Crippen LogP contribution in [0.4, 0.5) is 4.39 Å². The normalized spacial score (nSPS) is 10.7. The van der Waals surface area contributed by atoms with Gasteiger partial charge in [0.05, 0.1) is 0 Å². The molecule has 2 aromatic carbocycles. The van der Waals surface area contributed by atoms with Crippen molar-refractivity contribution in [3.63, 3.8) is 0 Å². The summed E-state index contributed by atoms with van der Waals surface area (Å²) in [5, 5.41) is 0. The number of rotatable bonds is 3. The Hall–Kier alpha value is -1.48. The topological polar surface area (TPSA) is 17.1 Å². The predicted octanol–water partition coefficient (Wildman–Crippen LogP) is 4.94. The van der Waals surface area contributed by atoms with Gasteiger partial charge in [0.25, 0.3) is 0 Å². The monoisotopic (exact) mass is 334 g/mol. The van der Waals surface area contributed by atoms with E-state index in [2.05, 4.69) is 28.1 Å². The van der Waals surface area contributed by atoms with Crippen LogP contribution in [0.2, 0.25) is 0 Å². The highest BCUT2D eigenvalue weighted by atomic mass is 79.9. The zero-order valence-corrected chi connectivity index (χ0v) is 13.3. The molecule has 0 saturated heterocycles. The van der Waals surface area contributed by atoms with Gasteiger partial charge in [0.1, 0.15) is 5.82 Å². The minimum Gasteiger partial charge on any atom is -0.294 e. The number of hydrogen-bond acceptors (Lipinski definition) is 1. The van der Waals surface area contributed by atoms with Gasteiger partial charge in [-0.1, -0.05) is 33.6 Å². The lowest BCUT2D eigenvalue weighted by Crippen LogP contribution is -2.07. The van der Waals surface area contributed by atoms with E-state index in [1.54, 1.807) is 6.07 Å². The van der Waals surface area contributed by atoms with Crippen molar-refractivity contribution in [1.29, 1.82) is 0 Å². The third-order valence-electron chi connectivity index (χ3n) is 3.36. The summed E-state index contributed by atoms with van der Waals surface area (Å²) in [4.78, 5) is 12.3. The van der Waals surface area contributed by atoms with Crippen molar-refractivity contribution in [1.82, 2.24) is 0 Å². The molecule has 1 nitrogen and oxygen atoms in total. The average Bonchev–Trinajstić information content (AvgIpc) is 2.32. The van der Waals surface area contributed by atoms with Crippen LogP contribution < -0.4 is 0 Å². The SMILES string of the molecule is Cc1cc(C)c(CC(=O)c2cc(F)cc(Br)c2)c(C)c1. The van der Waals surface area contributed by atoms with Crippen molar-refractivity contribution >= 4 is 21.7 Å². The largest absolute Gasteiger partial charge is 0.294 e. The molecule has 0 N–H and O–H groups in total. The molecule has 20 heavy (non-hydrogen) atoms. The number of aryl methyl sites for hydroxylation is 3. The summed E-state index contributed by atoms with van der Waals surface area (Å²) in [5.74, 6) is -0.472. The fourth-order valence-electron chi connectivity index (χ4n) is 2.47. The van der Waals surface area contributed by atoms with Crippen LogP contribution in [0.25, 0.3) is 0 Å². The molecule has 0 radical (unpaired) electrons.